The van der Waals surface area contributed by atoms with E-state index in [0.717, 1.165) is 24.3 Å². The van der Waals surface area contributed by atoms with Gasteiger partial charge >= 0.3 is 10.6 Å². The van der Waals surface area contributed by atoms with Crippen molar-refractivity contribution in [3.8, 4) is 17.2 Å². The minimum Gasteiger partial charge on any atom is -0.507 e. The lowest BCUT2D eigenvalue weighted by Gasteiger charge is -2.17. The summed E-state index contributed by atoms with van der Waals surface area (Å²) in [7, 11) is -12.4. The first kappa shape index (κ1) is 31.5. The van der Waals surface area contributed by atoms with E-state index in [0.29, 0.717) is 22.5 Å². The molecule has 0 fully saturated rings. The van der Waals surface area contributed by atoms with Crippen LogP contribution in [-0.4, -0.2) is 63.9 Å². The van der Waals surface area contributed by atoms with Crippen LogP contribution in [0.3, 0.4) is 0 Å². The van der Waals surface area contributed by atoms with Crippen LogP contribution >= 0.6 is 0 Å². The summed E-state index contributed by atoms with van der Waals surface area (Å²) in [5.74, 6) is -0.712. The SMILES string of the molecule is O=S(=O)(O)c1cc2c(O)c(c1)Cc1cccc(c1O)Cc1cc(S(=O)(=O)O)cc(c1O)Cc1cncc(n1)C2.O=S(=O)=O. The van der Waals surface area contributed by atoms with E-state index in [1.165, 1.54) is 12.4 Å². The van der Waals surface area contributed by atoms with Crippen LogP contribution in [0.2, 0.25) is 0 Å². The fourth-order valence-corrected chi connectivity index (χ4v) is 5.81. The van der Waals surface area contributed by atoms with Crippen LogP contribution in [0.25, 0.3) is 0 Å². The Morgan fingerprint density at radius 1 is 0.581 bits per heavy atom. The van der Waals surface area contributed by atoms with Gasteiger partial charge in [0, 0.05) is 60.3 Å². The van der Waals surface area contributed by atoms with Gasteiger partial charge < -0.3 is 15.3 Å². The Hall–Kier alpha value is -4.42. The molecule has 0 amide bonds. The second-order valence-corrected chi connectivity index (χ2v) is 12.7. The first-order valence-corrected chi connectivity index (χ1v) is 15.9. The van der Waals surface area contributed by atoms with E-state index in [1.54, 1.807) is 18.2 Å². The largest absolute Gasteiger partial charge is 0.507 e. The molecule has 2 heterocycles. The lowest BCUT2D eigenvalue weighted by Crippen LogP contribution is -2.07. The number of aromatic nitrogens is 2. The van der Waals surface area contributed by atoms with Gasteiger partial charge in [0.15, 0.2) is 0 Å². The lowest BCUT2D eigenvalue weighted by molar-refractivity contribution is 0.453. The minimum atomic E-state index is -4.64. The number of hydrogen-bond donors (Lipinski definition) is 5. The number of nitrogens with zero attached hydrogens (tertiary/aromatic N) is 2. The van der Waals surface area contributed by atoms with Crippen molar-refractivity contribution < 1.29 is 53.9 Å². The van der Waals surface area contributed by atoms with Crippen molar-refractivity contribution in [1.29, 1.82) is 0 Å². The van der Waals surface area contributed by atoms with E-state index in [2.05, 4.69) is 9.97 Å². The third-order valence-electron chi connectivity index (χ3n) is 6.52. The fraction of sp³-hybridized carbons (Fsp3) is 0.154. The zero-order valence-electron chi connectivity index (χ0n) is 21.7. The third kappa shape index (κ3) is 7.51. The minimum absolute atomic E-state index is 0.0860. The summed E-state index contributed by atoms with van der Waals surface area (Å²) < 4.78 is 92.8. The van der Waals surface area contributed by atoms with Gasteiger partial charge in [-0.05, 0) is 35.4 Å². The zero-order chi connectivity index (χ0) is 31.7. The molecule has 226 valence electrons. The molecule has 1 aromatic heterocycles. The molecule has 17 heteroatoms. The molecule has 0 saturated heterocycles. The Balaban J connectivity index is 0.000000996. The molecule has 8 bridgehead atoms. The zero-order valence-corrected chi connectivity index (χ0v) is 24.2. The quantitative estimate of drug-likeness (QED) is 0.171. The van der Waals surface area contributed by atoms with Crippen molar-refractivity contribution in [2.75, 3.05) is 0 Å². The highest BCUT2D eigenvalue weighted by atomic mass is 32.2. The average Bonchev–Trinajstić information content (AvgIpc) is 2.89. The topological polar surface area (TPSA) is 246 Å². The van der Waals surface area contributed by atoms with Crippen molar-refractivity contribution in [3.05, 3.63) is 99.6 Å². The Labute approximate surface area is 246 Å². The van der Waals surface area contributed by atoms with Gasteiger partial charge in [-0.3, -0.25) is 19.1 Å². The molecule has 1 aliphatic heterocycles. The van der Waals surface area contributed by atoms with Gasteiger partial charge in [0.1, 0.15) is 17.2 Å². The van der Waals surface area contributed by atoms with Crippen molar-refractivity contribution in [3.63, 3.8) is 0 Å². The van der Waals surface area contributed by atoms with E-state index in [9.17, 15) is 41.3 Å². The number of rotatable bonds is 2. The Morgan fingerprint density at radius 2 is 0.907 bits per heavy atom. The second kappa shape index (κ2) is 12.1. The van der Waals surface area contributed by atoms with E-state index in [4.69, 9.17) is 12.6 Å². The Morgan fingerprint density at radius 3 is 1.26 bits per heavy atom. The average molecular weight is 651 g/mol. The smallest absolute Gasteiger partial charge is 0.425 e. The fourth-order valence-electron chi connectivity index (χ4n) is 4.65. The molecule has 0 aliphatic carbocycles. The van der Waals surface area contributed by atoms with Crippen molar-refractivity contribution in [2.24, 2.45) is 0 Å². The van der Waals surface area contributed by atoms with Crippen LogP contribution in [0.4, 0.5) is 0 Å². The first-order valence-electron chi connectivity index (χ1n) is 12.0. The van der Waals surface area contributed by atoms with Gasteiger partial charge in [-0.25, -0.2) is 0 Å². The number of aromatic hydroxyl groups is 3. The number of fused-ring (bicyclic) bond motifs is 8. The molecule has 43 heavy (non-hydrogen) atoms. The number of phenolic OH excluding ortho intramolecular Hbond substituents is 3. The van der Waals surface area contributed by atoms with Crippen molar-refractivity contribution in [2.45, 2.75) is 35.5 Å². The Bertz CT molecular complexity index is 1950. The second-order valence-electron chi connectivity index (χ2n) is 9.47. The molecule has 4 aromatic rings. The summed E-state index contributed by atoms with van der Waals surface area (Å²) in [6.45, 7) is 0. The van der Waals surface area contributed by atoms with Gasteiger partial charge in [-0.2, -0.15) is 16.8 Å². The van der Waals surface area contributed by atoms with E-state index < -0.39 is 40.6 Å². The van der Waals surface area contributed by atoms with E-state index in [-0.39, 0.29) is 65.2 Å². The molecular formula is C26H22N2O12S3. The van der Waals surface area contributed by atoms with E-state index in [1.807, 2.05) is 0 Å². The first-order chi connectivity index (χ1) is 20.0. The van der Waals surface area contributed by atoms with Crippen LogP contribution in [0.5, 0.6) is 17.2 Å². The summed E-state index contributed by atoms with van der Waals surface area (Å²) in [5.41, 5.74) is 1.69. The van der Waals surface area contributed by atoms with Gasteiger partial charge in [-0.15, -0.1) is 12.6 Å². The summed E-state index contributed by atoms with van der Waals surface area (Å²) in [6.07, 6.45) is 2.35. The molecule has 0 spiro atoms. The molecule has 0 radical (unpaired) electrons. The maximum absolute atomic E-state index is 12.0. The molecule has 5 rings (SSSR count). The molecular weight excluding hydrogens is 628 g/mol. The maximum Gasteiger partial charge on any atom is 0.425 e. The molecule has 5 N–H and O–H groups in total. The van der Waals surface area contributed by atoms with Crippen LogP contribution in [-0.2, 0) is 56.5 Å². The summed E-state index contributed by atoms with van der Waals surface area (Å²) in [4.78, 5) is 7.71. The number of hydrogen-bond acceptors (Lipinski definition) is 12. The molecule has 14 nitrogen and oxygen atoms in total. The number of phenols is 3. The lowest BCUT2D eigenvalue weighted by atomic mass is 9.94. The van der Waals surface area contributed by atoms with Crippen molar-refractivity contribution >= 4 is 30.8 Å². The van der Waals surface area contributed by atoms with Crippen LogP contribution in [0.15, 0.2) is 64.6 Å². The predicted octanol–water partition coefficient (Wildman–Crippen LogP) is 1.76. The predicted molar refractivity (Wildman–Crippen MR) is 147 cm³/mol. The molecule has 0 saturated carbocycles. The standard InChI is InChI=1S/C26H22N2O9S2.O3S/c29-24-14-2-1-3-15(24)5-17-9-23(39(35,36)37)11-19(26(17)31)7-21-13-27-12-20(28-21)6-18-10-22(38(32,33)34)8-16(4-14)25(18)30;1-4(2)3/h1-3,8-13,29-31H,4-7H2,(H,32,33,34)(H,35,36,37);. The summed E-state index contributed by atoms with van der Waals surface area (Å²) in [5, 5.41) is 33.1. The Kier molecular flexibility index (Phi) is 8.84. The van der Waals surface area contributed by atoms with Crippen LogP contribution in [0, 0.1) is 0 Å². The van der Waals surface area contributed by atoms with E-state index >= 15 is 0 Å². The monoisotopic (exact) mass is 650 g/mol. The molecule has 0 unspecified atom stereocenters. The number of benzene rings is 3. The highest BCUT2D eigenvalue weighted by Gasteiger charge is 2.22. The molecule has 3 aromatic carbocycles. The van der Waals surface area contributed by atoms with Crippen LogP contribution < -0.4 is 0 Å². The highest BCUT2D eigenvalue weighted by molar-refractivity contribution is 7.86. The maximum atomic E-state index is 12.0. The van der Waals surface area contributed by atoms with Gasteiger partial charge in [0.2, 0.25) is 0 Å². The normalized spacial score (nSPS) is 13.0. The van der Waals surface area contributed by atoms with Gasteiger partial charge in [0.25, 0.3) is 20.2 Å². The molecule has 1 aliphatic rings. The third-order valence-corrected chi connectivity index (χ3v) is 8.18. The van der Waals surface area contributed by atoms with Crippen LogP contribution in [0.1, 0.15) is 44.8 Å². The summed E-state index contributed by atoms with van der Waals surface area (Å²) in [6, 6.07) is 9.17. The van der Waals surface area contributed by atoms with Gasteiger partial charge in [-0.1, -0.05) is 18.2 Å². The molecule has 0 atom stereocenters. The number of para-hydroxylation sites is 1. The van der Waals surface area contributed by atoms with Gasteiger partial charge in [0.05, 0.1) is 21.2 Å². The van der Waals surface area contributed by atoms with Crippen molar-refractivity contribution in [1.82, 2.24) is 9.97 Å². The highest BCUT2D eigenvalue weighted by Crippen LogP contribution is 2.36. The summed E-state index contributed by atoms with van der Waals surface area (Å²) >= 11 is 0.